The van der Waals surface area contributed by atoms with Crippen LogP contribution in [0.1, 0.15) is 19.4 Å². The van der Waals surface area contributed by atoms with Crippen molar-refractivity contribution in [3.8, 4) is 0 Å². The molecule has 5 heteroatoms. The molecule has 1 aromatic carbocycles. The Hall–Kier alpha value is -1.49. The lowest BCUT2D eigenvalue weighted by molar-refractivity contribution is 0.193. The van der Waals surface area contributed by atoms with Gasteiger partial charge < -0.3 is 0 Å². The minimum Gasteiger partial charge on any atom is -0.299 e. The van der Waals surface area contributed by atoms with Crippen LogP contribution in [-0.4, -0.2) is 33.4 Å². The molecule has 2 fully saturated rings. The van der Waals surface area contributed by atoms with Gasteiger partial charge in [-0.05, 0) is 38.5 Å². The molecule has 2 saturated heterocycles. The Bertz CT molecular complexity index is 570. The quantitative estimate of drug-likeness (QED) is 0.856. The van der Waals surface area contributed by atoms with Crippen LogP contribution in [0.25, 0.3) is 0 Å². The highest BCUT2D eigenvalue weighted by molar-refractivity contribution is 8.00. The van der Waals surface area contributed by atoms with Gasteiger partial charge in [-0.2, -0.15) is 0 Å². The average Bonchev–Trinajstić information content (AvgIpc) is 2.77. The van der Waals surface area contributed by atoms with Crippen LogP contribution >= 0.6 is 11.8 Å². The number of thioether (sulfide) groups is 1. The van der Waals surface area contributed by atoms with Gasteiger partial charge in [0.1, 0.15) is 11.9 Å². The Labute approximate surface area is 117 Å². The number of urea groups is 1. The Morgan fingerprint density at radius 2 is 2.16 bits per heavy atom. The number of carbonyl (C=O) groups is 1. The zero-order valence-corrected chi connectivity index (χ0v) is 12.1. The van der Waals surface area contributed by atoms with E-state index in [4.69, 9.17) is 5.41 Å². The molecule has 0 radical (unpaired) electrons. The van der Waals surface area contributed by atoms with Crippen molar-refractivity contribution in [3.05, 3.63) is 29.8 Å². The van der Waals surface area contributed by atoms with E-state index < -0.39 is 0 Å². The fourth-order valence-corrected chi connectivity index (χ4v) is 3.96. The van der Waals surface area contributed by atoms with Gasteiger partial charge in [0, 0.05) is 5.75 Å². The molecule has 100 valence electrons. The summed E-state index contributed by atoms with van der Waals surface area (Å²) in [5.41, 5.74) is 1.89. The number of carbonyl (C=O) groups excluding carboxylic acids is 1. The molecule has 2 amide bonds. The van der Waals surface area contributed by atoms with Crippen LogP contribution in [0.2, 0.25) is 0 Å². The number of nitrogens with zero attached hydrogens (tertiary/aromatic N) is 2. The third-order valence-corrected chi connectivity index (χ3v) is 5.09. The summed E-state index contributed by atoms with van der Waals surface area (Å²) in [5, 5.41) is 8.30. The number of anilines is 1. The molecular formula is C14H17N3OS. The van der Waals surface area contributed by atoms with Crippen molar-refractivity contribution in [2.45, 2.75) is 31.7 Å². The number of nitrogens with one attached hydrogen (secondary N) is 1. The summed E-state index contributed by atoms with van der Waals surface area (Å²) in [4.78, 5) is 15.8. The Morgan fingerprint density at radius 3 is 2.79 bits per heavy atom. The first-order valence-electron chi connectivity index (χ1n) is 6.34. The highest BCUT2D eigenvalue weighted by Gasteiger charge is 2.54. The maximum Gasteiger partial charge on any atom is 0.331 e. The molecule has 0 aromatic heterocycles. The Kier molecular flexibility index (Phi) is 2.64. The molecule has 1 atom stereocenters. The first-order chi connectivity index (χ1) is 8.92. The van der Waals surface area contributed by atoms with Crippen molar-refractivity contribution < 1.29 is 4.79 Å². The summed E-state index contributed by atoms with van der Waals surface area (Å²) >= 11 is 1.74. The van der Waals surface area contributed by atoms with Crippen molar-refractivity contribution >= 4 is 29.3 Å². The summed E-state index contributed by atoms with van der Waals surface area (Å²) in [7, 11) is 0. The van der Waals surface area contributed by atoms with E-state index in [1.807, 2.05) is 49.9 Å². The minimum atomic E-state index is -0.230. The van der Waals surface area contributed by atoms with E-state index in [0.29, 0.717) is 5.84 Å². The average molecular weight is 275 g/mol. The Morgan fingerprint density at radius 1 is 1.42 bits per heavy atom. The van der Waals surface area contributed by atoms with Gasteiger partial charge in [0.25, 0.3) is 0 Å². The smallest absolute Gasteiger partial charge is 0.299 e. The third-order valence-electron chi connectivity index (χ3n) is 3.70. The van der Waals surface area contributed by atoms with E-state index in [0.717, 1.165) is 17.0 Å². The first kappa shape index (κ1) is 12.5. The molecule has 19 heavy (non-hydrogen) atoms. The second kappa shape index (κ2) is 4.00. The van der Waals surface area contributed by atoms with Gasteiger partial charge in [-0.15, -0.1) is 11.8 Å². The highest BCUT2D eigenvalue weighted by atomic mass is 32.2. The van der Waals surface area contributed by atoms with Crippen molar-refractivity contribution in [3.63, 3.8) is 0 Å². The molecule has 0 bridgehead atoms. The van der Waals surface area contributed by atoms with Crippen LogP contribution in [0.15, 0.2) is 24.3 Å². The number of hydrogen-bond donors (Lipinski definition) is 1. The van der Waals surface area contributed by atoms with Gasteiger partial charge in [0.2, 0.25) is 0 Å². The molecule has 3 rings (SSSR count). The lowest BCUT2D eigenvalue weighted by atomic mass is 10.2. The number of benzene rings is 1. The van der Waals surface area contributed by atoms with Crippen LogP contribution in [-0.2, 0) is 0 Å². The standard InChI is InChI=1S/C14H17N3OS/c1-9-5-4-6-10(7-9)16-12(15)11-8-19-14(2,3)17(11)13(16)18/h4-7,11,15H,8H2,1-3H3. The molecule has 2 aliphatic rings. The van der Waals surface area contributed by atoms with E-state index in [-0.39, 0.29) is 16.9 Å². The fourth-order valence-electron chi connectivity index (χ4n) is 2.74. The third kappa shape index (κ3) is 1.75. The number of fused-ring (bicyclic) bond motifs is 1. The zero-order valence-electron chi connectivity index (χ0n) is 11.3. The number of rotatable bonds is 1. The molecule has 1 aromatic rings. The van der Waals surface area contributed by atoms with Crippen LogP contribution in [0.4, 0.5) is 10.5 Å². The van der Waals surface area contributed by atoms with E-state index in [9.17, 15) is 4.79 Å². The number of amides is 2. The second-order valence-corrected chi connectivity index (χ2v) is 7.11. The maximum absolute atomic E-state index is 12.6. The number of hydrogen-bond acceptors (Lipinski definition) is 3. The van der Waals surface area contributed by atoms with Gasteiger partial charge in [-0.1, -0.05) is 12.1 Å². The molecule has 2 aliphatic heterocycles. The number of amidine groups is 1. The zero-order chi connectivity index (χ0) is 13.8. The van der Waals surface area contributed by atoms with Crippen molar-refractivity contribution in [2.75, 3.05) is 10.7 Å². The van der Waals surface area contributed by atoms with Crippen LogP contribution in [0, 0.1) is 12.3 Å². The van der Waals surface area contributed by atoms with Crippen LogP contribution < -0.4 is 4.90 Å². The summed E-state index contributed by atoms with van der Waals surface area (Å²) in [6.45, 7) is 6.08. The largest absolute Gasteiger partial charge is 0.331 e. The monoisotopic (exact) mass is 275 g/mol. The first-order valence-corrected chi connectivity index (χ1v) is 7.33. The molecule has 0 aliphatic carbocycles. The fraction of sp³-hybridized carbons (Fsp3) is 0.429. The molecule has 1 N–H and O–H groups in total. The van der Waals surface area contributed by atoms with Crippen LogP contribution in [0.3, 0.4) is 0 Å². The Balaban J connectivity index is 2.02. The molecule has 0 spiro atoms. The normalized spacial score (nSPS) is 25.1. The van der Waals surface area contributed by atoms with Gasteiger partial charge in [0.05, 0.1) is 10.6 Å². The van der Waals surface area contributed by atoms with Crippen molar-refractivity contribution in [1.82, 2.24) is 4.90 Å². The van der Waals surface area contributed by atoms with E-state index in [1.165, 1.54) is 0 Å². The molecular weight excluding hydrogens is 258 g/mol. The SMILES string of the molecule is Cc1cccc(N2C(=N)C3CSC(C)(C)N3C2=O)c1. The highest BCUT2D eigenvalue weighted by Crippen LogP contribution is 2.44. The van der Waals surface area contributed by atoms with E-state index >= 15 is 0 Å². The number of aryl methyl sites for hydroxylation is 1. The summed E-state index contributed by atoms with van der Waals surface area (Å²) in [5.74, 6) is 1.20. The van der Waals surface area contributed by atoms with E-state index in [2.05, 4.69) is 0 Å². The molecule has 4 nitrogen and oxygen atoms in total. The summed E-state index contributed by atoms with van der Waals surface area (Å²) in [6.07, 6.45) is 0. The predicted octanol–water partition coefficient (Wildman–Crippen LogP) is 3.07. The van der Waals surface area contributed by atoms with Crippen molar-refractivity contribution in [1.29, 1.82) is 5.41 Å². The minimum absolute atomic E-state index is 0.0735. The van der Waals surface area contributed by atoms with Gasteiger partial charge in [0.15, 0.2) is 0 Å². The lowest BCUT2D eigenvalue weighted by Gasteiger charge is -2.29. The van der Waals surface area contributed by atoms with Crippen LogP contribution in [0.5, 0.6) is 0 Å². The van der Waals surface area contributed by atoms with Gasteiger partial charge in [-0.25, -0.2) is 9.69 Å². The maximum atomic E-state index is 12.6. The topological polar surface area (TPSA) is 47.4 Å². The second-order valence-electron chi connectivity index (χ2n) is 5.49. The van der Waals surface area contributed by atoms with E-state index in [1.54, 1.807) is 16.7 Å². The molecule has 0 saturated carbocycles. The molecule has 2 heterocycles. The predicted molar refractivity (Wildman–Crippen MR) is 78.9 cm³/mol. The van der Waals surface area contributed by atoms with Gasteiger partial charge >= 0.3 is 6.03 Å². The molecule has 1 unspecified atom stereocenters. The van der Waals surface area contributed by atoms with Crippen molar-refractivity contribution in [2.24, 2.45) is 0 Å². The van der Waals surface area contributed by atoms with Gasteiger partial charge in [-0.3, -0.25) is 10.3 Å². The summed E-state index contributed by atoms with van der Waals surface area (Å²) < 4.78 is 0. The summed E-state index contributed by atoms with van der Waals surface area (Å²) in [6, 6.07) is 7.60. The lowest BCUT2D eigenvalue weighted by Crippen LogP contribution is -2.43.